The first kappa shape index (κ1) is 11.0. The maximum Gasteiger partial charge on any atom is 0.139 e. The van der Waals surface area contributed by atoms with Gasteiger partial charge in [-0.1, -0.05) is 28.1 Å². The van der Waals surface area contributed by atoms with E-state index in [1.165, 1.54) is 0 Å². The fourth-order valence-corrected chi connectivity index (χ4v) is 3.00. The van der Waals surface area contributed by atoms with Crippen LogP contribution in [0.1, 0.15) is 0 Å². The van der Waals surface area contributed by atoms with E-state index in [0.29, 0.717) is 0 Å². The van der Waals surface area contributed by atoms with Crippen molar-refractivity contribution in [3.8, 4) is 11.4 Å². The Bertz CT molecular complexity index is 656. The third-order valence-electron chi connectivity index (χ3n) is 2.58. The molecule has 2 aromatic carbocycles. The molecule has 0 atom stereocenters. The molecule has 3 rings (SSSR count). The average molecular weight is 352 g/mol. The second kappa shape index (κ2) is 4.27. The molecule has 2 nitrogen and oxygen atoms in total. The van der Waals surface area contributed by atoms with E-state index in [2.05, 4.69) is 41.8 Å². The number of aromatic nitrogens is 2. The number of imidazole rings is 1. The van der Waals surface area contributed by atoms with Crippen molar-refractivity contribution in [2.75, 3.05) is 0 Å². The number of halogens is 2. The summed E-state index contributed by atoms with van der Waals surface area (Å²) in [4.78, 5) is 7.89. The van der Waals surface area contributed by atoms with Crippen LogP contribution in [-0.2, 0) is 0 Å². The number of nitrogens with zero attached hydrogens (tertiary/aromatic N) is 1. The molecule has 4 heteroatoms. The smallest absolute Gasteiger partial charge is 0.139 e. The van der Waals surface area contributed by atoms with Gasteiger partial charge in [0.2, 0.25) is 0 Å². The summed E-state index contributed by atoms with van der Waals surface area (Å²) in [5.41, 5.74) is 3.10. The molecule has 0 bridgehead atoms. The largest absolute Gasteiger partial charge is 0.338 e. The summed E-state index contributed by atoms with van der Waals surface area (Å²) in [6.45, 7) is 0. The van der Waals surface area contributed by atoms with Crippen molar-refractivity contribution < 1.29 is 0 Å². The van der Waals surface area contributed by atoms with Crippen molar-refractivity contribution >= 4 is 42.9 Å². The molecule has 84 valence electrons. The van der Waals surface area contributed by atoms with Gasteiger partial charge in [-0.15, -0.1) is 0 Å². The first-order chi connectivity index (χ1) is 8.24. The Balaban J connectivity index is 2.20. The number of aromatic amines is 1. The molecule has 1 aromatic heterocycles. The zero-order valence-corrected chi connectivity index (χ0v) is 11.9. The number of hydrogen-bond acceptors (Lipinski definition) is 1. The van der Waals surface area contributed by atoms with E-state index in [9.17, 15) is 0 Å². The summed E-state index contributed by atoms with van der Waals surface area (Å²) >= 11 is 6.99. The van der Waals surface area contributed by atoms with Crippen LogP contribution < -0.4 is 0 Å². The Labute approximate surface area is 115 Å². The number of para-hydroxylation sites is 2. The maximum atomic E-state index is 4.57. The van der Waals surface area contributed by atoms with Gasteiger partial charge in [-0.3, -0.25) is 0 Å². The van der Waals surface area contributed by atoms with Crippen molar-refractivity contribution in [2.24, 2.45) is 0 Å². The van der Waals surface area contributed by atoms with Gasteiger partial charge in [0.15, 0.2) is 0 Å². The van der Waals surface area contributed by atoms with E-state index in [-0.39, 0.29) is 0 Å². The lowest BCUT2D eigenvalue weighted by Gasteiger charge is -2.00. The zero-order chi connectivity index (χ0) is 11.8. The molecule has 0 unspecified atom stereocenters. The summed E-state index contributed by atoms with van der Waals surface area (Å²) in [5, 5.41) is 0. The molecular weight excluding hydrogens is 344 g/mol. The molecule has 0 aliphatic heterocycles. The van der Waals surface area contributed by atoms with Crippen molar-refractivity contribution in [3.05, 3.63) is 51.4 Å². The summed E-state index contributed by atoms with van der Waals surface area (Å²) in [6, 6.07) is 14.1. The maximum absolute atomic E-state index is 4.57. The van der Waals surface area contributed by atoms with Crippen molar-refractivity contribution in [1.82, 2.24) is 9.97 Å². The van der Waals surface area contributed by atoms with Gasteiger partial charge >= 0.3 is 0 Å². The molecule has 0 saturated heterocycles. The van der Waals surface area contributed by atoms with Gasteiger partial charge in [0, 0.05) is 14.5 Å². The Morgan fingerprint density at radius 3 is 2.59 bits per heavy atom. The molecule has 0 spiro atoms. The number of nitrogens with one attached hydrogen (secondary N) is 1. The van der Waals surface area contributed by atoms with Crippen LogP contribution in [0.15, 0.2) is 51.4 Å². The van der Waals surface area contributed by atoms with Crippen molar-refractivity contribution in [3.63, 3.8) is 0 Å². The number of fused-ring (bicyclic) bond motifs is 1. The van der Waals surface area contributed by atoms with Crippen molar-refractivity contribution in [1.29, 1.82) is 0 Å². The molecule has 0 fully saturated rings. The Morgan fingerprint density at radius 2 is 1.82 bits per heavy atom. The number of H-pyrrole nitrogens is 1. The molecule has 0 aliphatic rings. The molecule has 1 N–H and O–H groups in total. The standard InChI is InChI=1S/C13H8Br2N2/c14-8-5-6-9(10(15)7-8)13-16-11-3-1-2-4-12(11)17-13/h1-7H,(H,16,17). The normalized spacial score (nSPS) is 10.9. The molecule has 3 aromatic rings. The molecular formula is C13H8Br2N2. The zero-order valence-electron chi connectivity index (χ0n) is 8.74. The summed E-state index contributed by atoms with van der Waals surface area (Å²) in [6.07, 6.45) is 0. The van der Waals surface area contributed by atoms with Crippen LogP contribution in [0.5, 0.6) is 0 Å². The summed E-state index contributed by atoms with van der Waals surface area (Å²) in [5.74, 6) is 0.880. The van der Waals surface area contributed by atoms with E-state index in [1.807, 2.05) is 42.5 Å². The van der Waals surface area contributed by atoms with Gasteiger partial charge in [-0.05, 0) is 46.3 Å². The minimum absolute atomic E-state index is 0.880. The summed E-state index contributed by atoms with van der Waals surface area (Å²) < 4.78 is 2.06. The lowest BCUT2D eigenvalue weighted by molar-refractivity contribution is 1.33. The Morgan fingerprint density at radius 1 is 1.00 bits per heavy atom. The van der Waals surface area contributed by atoms with Crippen molar-refractivity contribution in [2.45, 2.75) is 0 Å². The van der Waals surface area contributed by atoms with Crippen LogP contribution >= 0.6 is 31.9 Å². The lowest BCUT2D eigenvalue weighted by Crippen LogP contribution is -1.82. The number of hydrogen-bond donors (Lipinski definition) is 1. The second-order valence-electron chi connectivity index (χ2n) is 3.73. The van der Waals surface area contributed by atoms with E-state index in [4.69, 9.17) is 0 Å². The Hall–Kier alpha value is -1.13. The first-order valence-corrected chi connectivity index (χ1v) is 6.73. The Kier molecular flexibility index (Phi) is 2.76. The first-order valence-electron chi connectivity index (χ1n) is 5.14. The monoisotopic (exact) mass is 350 g/mol. The molecule has 0 saturated carbocycles. The van der Waals surface area contributed by atoms with E-state index in [1.54, 1.807) is 0 Å². The number of benzene rings is 2. The predicted molar refractivity (Wildman–Crippen MR) is 76.9 cm³/mol. The minimum Gasteiger partial charge on any atom is -0.338 e. The highest BCUT2D eigenvalue weighted by Crippen LogP contribution is 2.30. The van der Waals surface area contributed by atoms with Gasteiger partial charge < -0.3 is 4.98 Å². The SMILES string of the molecule is Brc1ccc(-c2nc3ccccc3[nH]2)c(Br)c1. The van der Waals surface area contributed by atoms with E-state index in [0.717, 1.165) is 31.4 Å². The highest BCUT2D eigenvalue weighted by molar-refractivity contribution is 9.11. The van der Waals surface area contributed by atoms with Crippen LogP contribution in [0, 0.1) is 0 Å². The quantitative estimate of drug-likeness (QED) is 0.673. The van der Waals surface area contributed by atoms with Crippen LogP contribution in [0.3, 0.4) is 0 Å². The third kappa shape index (κ3) is 2.03. The van der Waals surface area contributed by atoms with Crippen LogP contribution in [0.4, 0.5) is 0 Å². The molecule has 0 radical (unpaired) electrons. The summed E-state index contributed by atoms with van der Waals surface area (Å²) in [7, 11) is 0. The van der Waals surface area contributed by atoms with Gasteiger partial charge in [-0.25, -0.2) is 4.98 Å². The molecule has 0 aliphatic carbocycles. The predicted octanol–water partition coefficient (Wildman–Crippen LogP) is 4.75. The fourth-order valence-electron chi connectivity index (χ4n) is 1.76. The van der Waals surface area contributed by atoms with E-state index < -0.39 is 0 Å². The van der Waals surface area contributed by atoms with Crippen LogP contribution in [0.25, 0.3) is 22.4 Å². The van der Waals surface area contributed by atoms with Gasteiger partial charge in [0.05, 0.1) is 11.0 Å². The number of rotatable bonds is 1. The average Bonchev–Trinajstić information content (AvgIpc) is 2.72. The molecule has 1 heterocycles. The van der Waals surface area contributed by atoms with E-state index >= 15 is 0 Å². The molecule has 0 amide bonds. The van der Waals surface area contributed by atoms with Crippen LogP contribution in [0.2, 0.25) is 0 Å². The van der Waals surface area contributed by atoms with Gasteiger partial charge in [-0.2, -0.15) is 0 Å². The van der Waals surface area contributed by atoms with Gasteiger partial charge in [0.25, 0.3) is 0 Å². The minimum atomic E-state index is 0.880. The lowest BCUT2D eigenvalue weighted by atomic mass is 10.2. The van der Waals surface area contributed by atoms with Gasteiger partial charge in [0.1, 0.15) is 5.82 Å². The second-order valence-corrected chi connectivity index (χ2v) is 5.50. The topological polar surface area (TPSA) is 28.7 Å². The van der Waals surface area contributed by atoms with Crippen LogP contribution in [-0.4, -0.2) is 9.97 Å². The highest BCUT2D eigenvalue weighted by atomic mass is 79.9. The molecule has 17 heavy (non-hydrogen) atoms. The highest BCUT2D eigenvalue weighted by Gasteiger charge is 2.08. The third-order valence-corrected chi connectivity index (χ3v) is 3.72. The fraction of sp³-hybridized carbons (Fsp3) is 0.